The molecule has 3 aromatic rings. The van der Waals surface area contributed by atoms with Gasteiger partial charge in [0.2, 0.25) is 0 Å². The molecule has 0 fully saturated rings. The van der Waals surface area contributed by atoms with E-state index in [1.807, 2.05) is 0 Å². The van der Waals surface area contributed by atoms with E-state index in [4.69, 9.17) is 0 Å². The van der Waals surface area contributed by atoms with Crippen LogP contribution in [0.2, 0.25) is 44.3 Å². The number of hydrogen-bond acceptors (Lipinski definition) is 0. The van der Waals surface area contributed by atoms with Gasteiger partial charge in [0, 0.05) is 0 Å². The molecule has 0 bridgehead atoms. The average molecular weight is 730 g/mol. The Bertz CT molecular complexity index is 1820. The number of hydrogen-bond donors (Lipinski definition) is 0. The van der Waals surface area contributed by atoms with Crippen LogP contribution >= 0.6 is 0 Å². The summed E-state index contributed by atoms with van der Waals surface area (Å²) < 4.78 is 3.26. The quantitative estimate of drug-likeness (QED) is 0.343. The van der Waals surface area contributed by atoms with Crippen molar-refractivity contribution < 1.29 is 47.6 Å². The van der Waals surface area contributed by atoms with Gasteiger partial charge in [0.05, 0.1) is 0 Å². The molecule has 225 valence electrons. The summed E-state index contributed by atoms with van der Waals surface area (Å²) in [6, 6.07) is 29.8. The fraction of sp³-hybridized carbons (Fsp3) is 0.256. The zero-order valence-corrected chi connectivity index (χ0v) is 33.2. The van der Waals surface area contributed by atoms with Crippen LogP contribution < -0.4 is 35.3 Å². The predicted octanol–water partition coefficient (Wildman–Crippen LogP) is 2.73. The van der Waals surface area contributed by atoms with Gasteiger partial charge in [-0.3, -0.25) is 0 Å². The molecule has 44 heavy (non-hydrogen) atoms. The Balaban J connectivity index is 0.00000221. The fourth-order valence-corrected chi connectivity index (χ4v) is 14.2. The third-order valence-corrected chi connectivity index (χ3v) is 19.0. The maximum atomic E-state index is 2.80. The Morgan fingerprint density at radius 3 is 1.84 bits per heavy atom. The zero-order chi connectivity index (χ0) is 29.9. The van der Waals surface area contributed by atoms with Crippen molar-refractivity contribution in [3.63, 3.8) is 0 Å². The first-order valence-corrected chi connectivity index (χ1v) is 24.8. The molecule has 0 aromatic heterocycles. The van der Waals surface area contributed by atoms with E-state index in [0.717, 1.165) is 6.42 Å². The molecule has 3 aliphatic rings. The summed E-state index contributed by atoms with van der Waals surface area (Å²) in [6.45, 7) is 20.3. The molecule has 0 N–H and O–H groups in total. The smallest absolute Gasteiger partial charge is 1.00 e. The van der Waals surface area contributed by atoms with Gasteiger partial charge in [0.1, 0.15) is 0 Å². The van der Waals surface area contributed by atoms with Gasteiger partial charge in [0.15, 0.2) is 0 Å². The number of fused-ring (bicyclic) bond motifs is 2. The molecule has 3 aromatic carbocycles. The van der Waals surface area contributed by atoms with E-state index in [1.165, 1.54) is 27.1 Å². The van der Waals surface area contributed by atoms with Gasteiger partial charge in [-0.05, 0) is 0 Å². The topological polar surface area (TPSA) is 0 Å². The first-order chi connectivity index (χ1) is 19.9. The van der Waals surface area contributed by atoms with Gasteiger partial charge in [-0.1, -0.05) is 0 Å². The van der Waals surface area contributed by atoms with Crippen molar-refractivity contribution in [2.75, 3.05) is 0 Å². The third kappa shape index (κ3) is 6.13. The van der Waals surface area contributed by atoms with Crippen LogP contribution in [0.25, 0.3) is 8.85 Å². The summed E-state index contributed by atoms with van der Waals surface area (Å²) in [5.74, 6) is 0. The van der Waals surface area contributed by atoms with E-state index in [0.29, 0.717) is 0 Å². The second-order valence-corrected chi connectivity index (χ2v) is 28.0. The monoisotopic (exact) mass is 727 g/mol. The molecule has 1 unspecified atom stereocenters. The van der Waals surface area contributed by atoms with Gasteiger partial charge >= 0.3 is 268 Å². The molecule has 0 amide bonds. The van der Waals surface area contributed by atoms with Gasteiger partial charge in [-0.2, -0.15) is 0 Å². The van der Waals surface area contributed by atoms with Gasteiger partial charge < -0.3 is 24.8 Å². The molecule has 0 radical (unpaired) electrons. The second-order valence-electron chi connectivity index (χ2n) is 14.4. The second kappa shape index (κ2) is 13.1. The van der Waals surface area contributed by atoms with Crippen LogP contribution in [0.1, 0.15) is 30.0 Å². The Kier molecular flexibility index (Phi) is 10.4. The number of aryl methyl sites for hydroxylation is 1. The molecule has 1 atom stereocenters. The minimum absolute atomic E-state index is 0. The average Bonchev–Trinajstić information content (AvgIpc) is 3.58. The van der Waals surface area contributed by atoms with Crippen LogP contribution in [0, 0.1) is 6.92 Å². The van der Waals surface area contributed by atoms with Gasteiger partial charge in [-0.15, -0.1) is 0 Å². The van der Waals surface area contributed by atoms with Crippen molar-refractivity contribution >= 4 is 28.2 Å². The summed E-state index contributed by atoms with van der Waals surface area (Å²) in [5.41, 5.74) is 10.5. The number of halogens is 2. The van der Waals surface area contributed by atoms with Crippen molar-refractivity contribution in [2.45, 2.75) is 64.6 Å². The number of benzene rings is 3. The molecule has 0 spiro atoms. The van der Waals surface area contributed by atoms with Crippen molar-refractivity contribution in [1.29, 1.82) is 0 Å². The number of rotatable bonds is 6. The van der Waals surface area contributed by atoms with Crippen LogP contribution in [-0.4, -0.2) is 19.4 Å². The first kappa shape index (κ1) is 35.0. The zero-order valence-electron chi connectivity index (χ0n) is 27.3. The molecular formula is C39H43Cl2Si2Zr. The van der Waals surface area contributed by atoms with Crippen LogP contribution in [0.4, 0.5) is 0 Å². The molecule has 0 saturated heterocycles. The Labute approximate surface area is 290 Å². The maximum Gasteiger partial charge on any atom is -1.00 e. The van der Waals surface area contributed by atoms with Crippen LogP contribution in [0.5, 0.6) is 0 Å². The summed E-state index contributed by atoms with van der Waals surface area (Å²) >= 11 is -1.30. The molecule has 6 rings (SSSR count). The number of allylic oxidation sites excluding steroid dienone is 8. The van der Waals surface area contributed by atoms with E-state index in [9.17, 15) is 0 Å². The normalized spacial score (nSPS) is 18.9. The van der Waals surface area contributed by atoms with E-state index < -0.39 is 38.9 Å². The van der Waals surface area contributed by atoms with E-state index in [2.05, 4.69) is 156 Å². The molecule has 5 heteroatoms. The van der Waals surface area contributed by atoms with E-state index in [-0.39, 0.29) is 29.9 Å². The Morgan fingerprint density at radius 1 is 0.750 bits per heavy atom. The summed E-state index contributed by atoms with van der Waals surface area (Å²) in [6.07, 6.45) is 10.9. The van der Waals surface area contributed by atoms with Crippen LogP contribution in [0.15, 0.2) is 125 Å². The standard InChI is InChI=1S/C26H33Si2.C13H10.2ClH.Zr/c1-18-13-14-21-20(15-18)16-22-24(21)23(27(3,4)5)17-26(2,28(6,7)8)25(22)19-11-9-10-12-19;1-3-7-12(8-4-1)11-13-9-5-2-6-10-13;;;/h9-11,13-15,17H,12H2,1-8H3;1-10H;2*1H;/q;;;;+2/p-2. The van der Waals surface area contributed by atoms with E-state index in [1.54, 1.807) is 34.0 Å². The van der Waals surface area contributed by atoms with Crippen LogP contribution in [0.3, 0.4) is 0 Å². The SMILES string of the molecule is Cc1ccc2c(c1)=[C]([Zr+2]=[C](c1ccccc1)c1ccccc1)C1=C(C3=CC=CC3)C(C)([Si](C)(C)C)C=C([Si](C)(C)C)C=21.[Cl-].[Cl-]. The molecule has 0 aliphatic heterocycles. The molecule has 3 aliphatic carbocycles. The summed E-state index contributed by atoms with van der Waals surface area (Å²) in [7, 11) is -3.38. The molecule has 0 heterocycles. The van der Waals surface area contributed by atoms with Crippen molar-refractivity contribution in [3.8, 4) is 0 Å². The molecule has 0 saturated carbocycles. The third-order valence-electron chi connectivity index (χ3n) is 9.52. The minimum atomic E-state index is -1.70. The molecule has 0 nitrogen and oxygen atoms in total. The first-order valence-electron chi connectivity index (χ1n) is 15.4. The van der Waals surface area contributed by atoms with E-state index >= 15 is 0 Å². The Hall–Kier alpha value is -1.87. The maximum absolute atomic E-state index is 2.80. The van der Waals surface area contributed by atoms with Crippen molar-refractivity contribution in [3.05, 3.63) is 152 Å². The fourth-order valence-electron chi connectivity index (χ4n) is 6.78. The Morgan fingerprint density at radius 2 is 1.34 bits per heavy atom. The predicted molar refractivity (Wildman–Crippen MR) is 185 cm³/mol. The van der Waals surface area contributed by atoms with Crippen molar-refractivity contribution in [1.82, 2.24) is 0 Å². The summed E-state index contributed by atoms with van der Waals surface area (Å²) in [5, 5.41) is 4.75. The minimum Gasteiger partial charge on any atom is -1.00 e. The molecular weight excluding hydrogens is 687 g/mol. The van der Waals surface area contributed by atoms with Gasteiger partial charge in [-0.25, -0.2) is 0 Å². The van der Waals surface area contributed by atoms with Crippen LogP contribution in [-0.2, 0) is 22.8 Å². The summed E-state index contributed by atoms with van der Waals surface area (Å²) in [4.78, 5) is 0. The van der Waals surface area contributed by atoms with Crippen molar-refractivity contribution in [2.24, 2.45) is 0 Å². The largest absolute Gasteiger partial charge is 1.00 e. The van der Waals surface area contributed by atoms with Gasteiger partial charge in [0.25, 0.3) is 0 Å².